The smallest absolute Gasteiger partial charge is 0.261 e. The van der Waals surface area contributed by atoms with Gasteiger partial charge in [-0.1, -0.05) is 0 Å². The van der Waals surface area contributed by atoms with E-state index in [-0.39, 0.29) is 23.8 Å². The van der Waals surface area contributed by atoms with Crippen LogP contribution in [0.1, 0.15) is 49.6 Å². The Hall–Kier alpha value is -2.54. The van der Waals surface area contributed by atoms with Crippen molar-refractivity contribution in [3.05, 3.63) is 46.0 Å². The van der Waals surface area contributed by atoms with Crippen LogP contribution < -0.4 is 5.32 Å². The Morgan fingerprint density at radius 1 is 1.26 bits per heavy atom. The molecular formula is C16H13N3O3S. The number of fused-ring (bicyclic) bond motifs is 1. The van der Waals surface area contributed by atoms with E-state index in [2.05, 4.69) is 10.3 Å². The molecule has 3 amide bonds. The molecule has 1 aromatic heterocycles. The molecule has 23 heavy (non-hydrogen) atoms. The second-order valence-corrected chi connectivity index (χ2v) is 6.58. The molecule has 0 unspecified atom stereocenters. The maximum Gasteiger partial charge on any atom is 0.261 e. The Kier molecular flexibility index (Phi) is 3.05. The van der Waals surface area contributed by atoms with Crippen LogP contribution in [-0.4, -0.2) is 33.6 Å². The van der Waals surface area contributed by atoms with E-state index in [1.807, 2.05) is 12.3 Å². The van der Waals surface area contributed by atoms with Gasteiger partial charge < -0.3 is 0 Å². The number of anilines is 1. The lowest BCUT2D eigenvalue weighted by molar-refractivity contribution is 0.0642. The largest absolute Gasteiger partial charge is 0.298 e. The van der Waals surface area contributed by atoms with E-state index in [1.165, 1.54) is 22.3 Å². The first-order valence-corrected chi connectivity index (χ1v) is 8.18. The van der Waals surface area contributed by atoms with Crippen molar-refractivity contribution >= 4 is 34.2 Å². The number of thiazole rings is 1. The topological polar surface area (TPSA) is 79.4 Å². The van der Waals surface area contributed by atoms with Crippen LogP contribution in [0.2, 0.25) is 0 Å². The van der Waals surface area contributed by atoms with Gasteiger partial charge in [-0.25, -0.2) is 4.98 Å². The molecule has 0 spiro atoms. The van der Waals surface area contributed by atoms with Crippen LogP contribution in [0, 0.1) is 6.92 Å². The lowest BCUT2D eigenvalue weighted by Gasteiger charge is -2.11. The molecule has 1 N–H and O–H groups in total. The van der Waals surface area contributed by atoms with Gasteiger partial charge in [0.05, 0.1) is 16.8 Å². The molecular weight excluding hydrogens is 314 g/mol. The van der Waals surface area contributed by atoms with Crippen molar-refractivity contribution in [3.8, 4) is 0 Å². The number of hydrogen-bond donors (Lipinski definition) is 1. The first-order valence-electron chi connectivity index (χ1n) is 7.30. The fourth-order valence-electron chi connectivity index (χ4n) is 2.65. The van der Waals surface area contributed by atoms with Crippen LogP contribution in [0.4, 0.5) is 5.13 Å². The normalized spacial score (nSPS) is 16.7. The number of amides is 3. The molecule has 1 aliphatic heterocycles. The number of rotatable bonds is 3. The third-order valence-electron chi connectivity index (χ3n) is 3.93. The third-order valence-corrected chi connectivity index (χ3v) is 4.81. The minimum absolute atomic E-state index is 0.0259. The second kappa shape index (κ2) is 4.99. The lowest BCUT2D eigenvalue weighted by Crippen LogP contribution is -2.31. The van der Waals surface area contributed by atoms with E-state index < -0.39 is 0 Å². The van der Waals surface area contributed by atoms with Crippen LogP contribution in [0.25, 0.3) is 0 Å². The van der Waals surface area contributed by atoms with E-state index in [0.717, 1.165) is 18.5 Å². The molecule has 4 rings (SSSR count). The molecule has 0 bridgehead atoms. The minimum atomic E-state index is -0.340. The Morgan fingerprint density at radius 2 is 2.00 bits per heavy atom. The summed E-state index contributed by atoms with van der Waals surface area (Å²) in [5.41, 5.74) is 1.86. The Bertz CT molecular complexity index is 854. The van der Waals surface area contributed by atoms with Crippen molar-refractivity contribution in [2.45, 2.75) is 25.8 Å². The number of imide groups is 1. The Morgan fingerprint density at radius 3 is 2.65 bits per heavy atom. The number of aromatic nitrogens is 1. The summed E-state index contributed by atoms with van der Waals surface area (Å²) < 4.78 is 0. The second-order valence-electron chi connectivity index (χ2n) is 5.72. The van der Waals surface area contributed by atoms with Gasteiger partial charge in [-0.3, -0.25) is 24.6 Å². The maximum absolute atomic E-state index is 12.4. The predicted molar refractivity (Wildman–Crippen MR) is 84.8 cm³/mol. The summed E-state index contributed by atoms with van der Waals surface area (Å²) in [6.07, 6.45) is 1.73. The van der Waals surface area contributed by atoms with E-state index in [1.54, 1.807) is 12.1 Å². The van der Waals surface area contributed by atoms with Crippen molar-refractivity contribution < 1.29 is 14.4 Å². The number of nitrogens with one attached hydrogen (secondary N) is 1. The van der Waals surface area contributed by atoms with Gasteiger partial charge in [-0.15, -0.1) is 11.3 Å². The summed E-state index contributed by atoms with van der Waals surface area (Å²) in [6.45, 7) is 1.85. The molecule has 0 saturated heterocycles. The standard InChI is InChI=1S/C16H13N3O3S/c1-8-7-23-16(17-8)18-13(20)9-2-5-11-12(6-9)15(22)19(14(11)21)10-3-4-10/h2,5-7,10H,3-4H2,1H3,(H,17,18,20). The molecule has 0 radical (unpaired) electrons. The summed E-state index contributed by atoms with van der Waals surface area (Å²) in [5, 5.41) is 5.05. The van der Waals surface area contributed by atoms with Gasteiger partial charge in [0.15, 0.2) is 5.13 Å². The average molecular weight is 327 g/mol. The number of benzene rings is 1. The molecule has 1 saturated carbocycles. The quantitative estimate of drug-likeness (QED) is 0.878. The van der Waals surface area contributed by atoms with Gasteiger partial charge in [0.1, 0.15) is 0 Å². The predicted octanol–water partition coefficient (Wildman–Crippen LogP) is 2.46. The molecule has 116 valence electrons. The zero-order valence-corrected chi connectivity index (χ0v) is 13.1. The van der Waals surface area contributed by atoms with E-state index >= 15 is 0 Å². The van der Waals surface area contributed by atoms with Gasteiger partial charge in [0.25, 0.3) is 17.7 Å². The van der Waals surface area contributed by atoms with Crippen LogP contribution in [0.3, 0.4) is 0 Å². The van der Waals surface area contributed by atoms with E-state index in [4.69, 9.17) is 0 Å². The van der Waals surface area contributed by atoms with Gasteiger partial charge in [0.2, 0.25) is 0 Å². The van der Waals surface area contributed by atoms with Crippen LogP contribution in [0.5, 0.6) is 0 Å². The zero-order chi connectivity index (χ0) is 16.1. The Balaban J connectivity index is 1.62. The number of nitrogens with zero attached hydrogens (tertiary/aromatic N) is 2. The highest BCUT2D eigenvalue weighted by atomic mass is 32.1. The molecule has 0 atom stereocenters. The summed E-state index contributed by atoms with van der Waals surface area (Å²) in [7, 11) is 0. The number of carbonyl (C=O) groups is 3. The first kappa shape index (κ1) is 14.1. The fourth-order valence-corrected chi connectivity index (χ4v) is 3.33. The molecule has 1 aliphatic carbocycles. The van der Waals surface area contributed by atoms with Crippen molar-refractivity contribution in [3.63, 3.8) is 0 Å². The molecule has 1 aromatic carbocycles. The minimum Gasteiger partial charge on any atom is -0.298 e. The highest BCUT2D eigenvalue weighted by Crippen LogP contribution is 2.35. The SMILES string of the molecule is Cc1csc(NC(=O)c2ccc3c(c2)C(=O)N(C2CC2)C3=O)n1. The first-order chi connectivity index (χ1) is 11.0. The van der Waals surface area contributed by atoms with Crippen molar-refractivity contribution in [2.24, 2.45) is 0 Å². The highest BCUT2D eigenvalue weighted by molar-refractivity contribution is 7.13. The van der Waals surface area contributed by atoms with Gasteiger partial charge in [-0.2, -0.15) is 0 Å². The number of aryl methyl sites for hydroxylation is 1. The molecule has 6 nitrogen and oxygen atoms in total. The molecule has 2 heterocycles. The van der Waals surface area contributed by atoms with Crippen molar-refractivity contribution in [2.75, 3.05) is 5.32 Å². The van der Waals surface area contributed by atoms with Crippen LogP contribution in [0.15, 0.2) is 23.6 Å². The van der Waals surface area contributed by atoms with Gasteiger partial charge in [-0.05, 0) is 38.0 Å². The lowest BCUT2D eigenvalue weighted by atomic mass is 10.1. The average Bonchev–Trinajstić information content (AvgIpc) is 3.23. The van der Waals surface area contributed by atoms with Gasteiger partial charge in [0, 0.05) is 17.0 Å². The Labute approximate surface area is 136 Å². The monoisotopic (exact) mass is 327 g/mol. The molecule has 2 aliphatic rings. The summed E-state index contributed by atoms with van der Waals surface area (Å²) in [6, 6.07) is 4.64. The molecule has 2 aromatic rings. The maximum atomic E-state index is 12.4. The summed E-state index contributed by atoms with van der Waals surface area (Å²) >= 11 is 1.34. The number of hydrogen-bond acceptors (Lipinski definition) is 5. The highest BCUT2D eigenvalue weighted by Gasteiger charge is 2.44. The molecule has 7 heteroatoms. The van der Waals surface area contributed by atoms with Crippen LogP contribution >= 0.6 is 11.3 Å². The molecule has 1 fully saturated rings. The van der Waals surface area contributed by atoms with Gasteiger partial charge >= 0.3 is 0 Å². The van der Waals surface area contributed by atoms with Crippen LogP contribution in [-0.2, 0) is 0 Å². The van der Waals surface area contributed by atoms with E-state index in [9.17, 15) is 14.4 Å². The zero-order valence-electron chi connectivity index (χ0n) is 12.3. The fraction of sp³-hybridized carbons (Fsp3) is 0.250. The van der Waals surface area contributed by atoms with Crippen molar-refractivity contribution in [1.82, 2.24) is 9.88 Å². The van der Waals surface area contributed by atoms with Crippen molar-refractivity contribution in [1.29, 1.82) is 0 Å². The summed E-state index contributed by atoms with van der Waals surface area (Å²) in [4.78, 5) is 42.4. The number of carbonyl (C=O) groups excluding carboxylic acids is 3. The van der Waals surface area contributed by atoms with E-state index in [0.29, 0.717) is 21.8 Å². The third kappa shape index (κ3) is 2.33. The summed E-state index contributed by atoms with van der Waals surface area (Å²) in [5.74, 6) is -0.894.